The van der Waals surface area contributed by atoms with Gasteiger partial charge >= 0.3 is 0 Å². The first-order valence-electron chi connectivity index (χ1n) is 7.81. The zero-order chi connectivity index (χ0) is 18.6. The number of benzene rings is 2. The van der Waals surface area contributed by atoms with Gasteiger partial charge in [-0.05, 0) is 42.8 Å². The summed E-state index contributed by atoms with van der Waals surface area (Å²) in [5.74, 6) is 0. The molecule has 0 saturated heterocycles. The predicted octanol–water partition coefficient (Wildman–Crippen LogP) is 4.31. The summed E-state index contributed by atoms with van der Waals surface area (Å²) in [6.07, 6.45) is 1.15. The zero-order valence-corrected chi connectivity index (χ0v) is 15.5. The molecule has 0 aliphatic carbocycles. The monoisotopic (exact) mass is 387 g/mol. The van der Waals surface area contributed by atoms with Crippen molar-refractivity contribution in [2.45, 2.75) is 11.8 Å². The number of H-pyrrole nitrogens is 1. The number of rotatable bonds is 2. The third kappa shape index (κ3) is 2.62. The average Bonchev–Trinajstić information content (AvgIpc) is 2.92. The summed E-state index contributed by atoms with van der Waals surface area (Å²) in [6.45, 7) is 1.68. The maximum atomic E-state index is 12.5. The lowest BCUT2D eigenvalue weighted by molar-refractivity contribution is 0.602. The molecule has 0 atom stereocenters. The fraction of sp³-hybridized carbons (Fsp3) is 0.105. The molecular weight excluding hydrogens is 374 g/mol. The van der Waals surface area contributed by atoms with Gasteiger partial charge < -0.3 is 9.40 Å². The van der Waals surface area contributed by atoms with E-state index in [1.54, 1.807) is 43.3 Å². The Morgan fingerprint density at radius 1 is 1.12 bits per heavy atom. The summed E-state index contributed by atoms with van der Waals surface area (Å²) in [5, 5.41) is 1.23. The summed E-state index contributed by atoms with van der Waals surface area (Å²) < 4.78 is 29.8. The molecule has 0 aliphatic heterocycles. The largest absolute Gasteiger partial charge is 0.454 e. The van der Waals surface area contributed by atoms with Crippen LogP contribution in [0.5, 0.6) is 0 Å². The number of hydrogen-bond acceptors (Lipinski definition) is 4. The molecule has 4 rings (SSSR count). The van der Waals surface area contributed by atoms with Crippen molar-refractivity contribution in [2.24, 2.45) is 0 Å². The maximum Gasteiger partial charge on any atom is 0.252 e. The van der Waals surface area contributed by atoms with E-state index in [2.05, 4.69) is 4.98 Å². The van der Waals surface area contributed by atoms with Gasteiger partial charge in [0.2, 0.25) is 0 Å². The highest BCUT2D eigenvalue weighted by atomic mass is 35.5. The van der Waals surface area contributed by atoms with Crippen molar-refractivity contribution in [3.8, 4) is 11.1 Å². The molecule has 2 aromatic heterocycles. The van der Waals surface area contributed by atoms with Gasteiger partial charge in [0.05, 0.1) is 10.4 Å². The minimum absolute atomic E-state index is 0.182. The number of aromatic amines is 1. The second-order valence-electron chi connectivity index (χ2n) is 6.20. The van der Waals surface area contributed by atoms with E-state index in [1.807, 2.05) is 0 Å². The van der Waals surface area contributed by atoms with Crippen LogP contribution in [-0.2, 0) is 9.84 Å². The minimum Gasteiger partial charge on any atom is -0.454 e. The van der Waals surface area contributed by atoms with Gasteiger partial charge in [-0.15, -0.1) is 0 Å². The normalized spacial score (nSPS) is 12.1. The van der Waals surface area contributed by atoms with E-state index in [-0.39, 0.29) is 10.5 Å². The first kappa shape index (κ1) is 16.9. The Morgan fingerprint density at radius 2 is 1.88 bits per heavy atom. The Hall–Kier alpha value is -2.57. The van der Waals surface area contributed by atoms with Gasteiger partial charge in [-0.1, -0.05) is 23.7 Å². The highest BCUT2D eigenvalue weighted by Crippen LogP contribution is 2.36. The first-order chi connectivity index (χ1) is 12.3. The molecule has 4 aromatic rings. The number of pyridine rings is 1. The quantitative estimate of drug-likeness (QED) is 0.555. The van der Waals surface area contributed by atoms with Crippen molar-refractivity contribution >= 4 is 43.5 Å². The molecule has 5 nitrogen and oxygen atoms in total. The fourth-order valence-electron chi connectivity index (χ4n) is 3.09. The topological polar surface area (TPSA) is 80.1 Å². The van der Waals surface area contributed by atoms with Crippen LogP contribution in [0.15, 0.2) is 56.6 Å². The molecule has 0 spiro atoms. The van der Waals surface area contributed by atoms with E-state index < -0.39 is 9.84 Å². The van der Waals surface area contributed by atoms with Crippen molar-refractivity contribution in [3.63, 3.8) is 0 Å². The Bertz CT molecular complexity index is 1350. The first-order valence-corrected chi connectivity index (χ1v) is 10.1. The smallest absolute Gasteiger partial charge is 0.252 e. The number of sulfone groups is 1. The minimum atomic E-state index is -3.37. The van der Waals surface area contributed by atoms with Crippen LogP contribution in [0.4, 0.5) is 0 Å². The van der Waals surface area contributed by atoms with Crippen LogP contribution in [0.1, 0.15) is 5.56 Å². The lowest BCUT2D eigenvalue weighted by Gasteiger charge is -2.08. The van der Waals surface area contributed by atoms with Crippen molar-refractivity contribution in [2.75, 3.05) is 6.26 Å². The van der Waals surface area contributed by atoms with Crippen LogP contribution < -0.4 is 5.56 Å². The predicted molar refractivity (Wildman–Crippen MR) is 103 cm³/mol. The van der Waals surface area contributed by atoms with Gasteiger partial charge in [-0.3, -0.25) is 4.79 Å². The van der Waals surface area contributed by atoms with Gasteiger partial charge in [-0.2, -0.15) is 0 Å². The van der Waals surface area contributed by atoms with Gasteiger partial charge in [0.1, 0.15) is 5.58 Å². The number of hydrogen-bond donors (Lipinski definition) is 1. The Labute approximate surface area is 154 Å². The van der Waals surface area contributed by atoms with Gasteiger partial charge in [0.15, 0.2) is 15.4 Å². The van der Waals surface area contributed by atoms with Crippen molar-refractivity contribution in [1.82, 2.24) is 4.98 Å². The zero-order valence-electron chi connectivity index (χ0n) is 14.0. The van der Waals surface area contributed by atoms with Crippen LogP contribution in [0, 0.1) is 6.92 Å². The maximum absolute atomic E-state index is 12.5. The molecule has 132 valence electrons. The van der Waals surface area contributed by atoms with E-state index in [9.17, 15) is 13.2 Å². The van der Waals surface area contributed by atoms with Gasteiger partial charge in [0, 0.05) is 27.8 Å². The van der Waals surface area contributed by atoms with Crippen LogP contribution in [0.3, 0.4) is 0 Å². The molecular formula is C19H14ClNO4S. The van der Waals surface area contributed by atoms with E-state index in [0.29, 0.717) is 43.8 Å². The lowest BCUT2D eigenvalue weighted by atomic mass is 10.0. The lowest BCUT2D eigenvalue weighted by Crippen LogP contribution is -2.10. The summed E-state index contributed by atoms with van der Waals surface area (Å²) in [6, 6.07) is 11.7. The SMILES string of the molecule is Cc1c(-c2cccc(S(C)(=O)=O)c2)c2oc3ccc(Cl)cc3c2[nH]c1=O. The molecule has 0 radical (unpaired) electrons. The molecule has 0 unspecified atom stereocenters. The summed E-state index contributed by atoms with van der Waals surface area (Å²) >= 11 is 6.07. The molecule has 1 N–H and O–H groups in total. The third-order valence-corrected chi connectivity index (χ3v) is 5.73. The number of halogens is 1. The average molecular weight is 388 g/mol. The number of nitrogens with one attached hydrogen (secondary N) is 1. The molecule has 2 aromatic carbocycles. The highest BCUT2D eigenvalue weighted by molar-refractivity contribution is 7.90. The summed E-state index contributed by atoms with van der Waals surface area (Å²) in [5.41, 5.74) is 2.98. The standard InChI is InChI=1S/C19H14ClNO4S/c1-10-16(11-4-3-5-13(8-11)26(2,23)24)18-17(21-19(10)22)14-9-12(20)6-7-15(14)25-18/h3-9H,1-2H3,(H,21,22). The summed E-state index contributed by atoms with van der Waals surface area (Å²) in [4.78, 5) is 15.5. The molecule has 26 heavy (non-hydrogen) atoms. The van der Waals surface area contributed by atoms with Crippen molar-refractivity contribution in [3.05, 3.63) is 63.4 Å². The summed E-state index contributed by atoms with van der Waals surface area (Å²) in [7, 11) is -3.37. The van der Waals surface area contributed by atoms with E-state index in [1.165, 1.54) is 6.07 Å². The second kappa shape index (κ2) is 5.72. The number of furan rings is 1. The molecule has 2 heterocycles. The van der Waals surface area contributed by atoms with Crippen LogP contribution in [-0.4, -0.2) is 19.7 Å². The molecule has 7 heteroatoms. The highest BCUT2D eigenvalue weighted by Gasteiger charge is 2.19. The molecule has 0 saturated carbocycles. The van der Waals surface area contributed by atoms with E-state index in [4.69, 9.17) is 16.0 Å². The second-order valence-corrected chi connectivity index (χ2v) is 8.65. The fourth-order valence-corrected chi connectivity index (χ4v) is 3.93. The van der Waals surface area contributed by atoms with Gasteiger partial charge in [0.25, 0.3) is 5.56 Å². The third-order valence-electron chi connectivity index (χ3n) is 4.38. The Balaban J connectivity index is 2.14. The molecule has 0 bridgehead atoms. The van der Waals surface area contributed by atoms with Crippen LogP contribution in [0.2, 0.25) is 5.02 Å². The molecule has 0 aliphatic rings. The van der Waals surface area contributed by atoms with Crippen molar-refractivity contribution in [1.29, 1.82) is 0 Å². The molecule has 0 amide bonds. The van der Waals surface area contributed by atoms with Crippen molar-refractivity contribution < 1.29 is 12.8 Å². The Morgan fingerprint density at radius 3 is 2.62 bits per heavy atom. The number of fused-ring (bicyclic) bond motifs is 3. The molecule has 0 fully saturated rings. The Kier molecular flexibility index (Phi) is 3.71. The van der Waals surface area contributed by atoms with E-state index >= 15 is 0 Å². The van der Waals surface area contributed by atoms with Gasteiger partial charge in [-0.25, -0.2) is 8.42 Å². The van der Waals surface area contributed by atoms with Crippen LogP contribution in [0.25, 0.3) is 33.2 Å². The number of aromatic nitrogens is 1. The van der Waals surface area contributed by atoms with E-state index in [0.717, 1.165) is 6.26 Å². The van der Waals surface area contributed by atoms with Crippen LogP contribution >= 0.6 is 11.6 Å².